The van der Waals surface area contributed by atoms with Crippen LogP contribution >= 0.6 is 0 Å². The highest BCUT2D eigenvalue weighted by Crippen LogP contribution is 2.16. The predicted octanol–water partition coefficient (Wildman–Crippen LogP) is 1.10. The molecule has 104 valence electrons. The van der Waals surface area contributed by atoms with Crippen molar-refractivity contribution in [2.75, 3.05) is 19.7 Å². The van der Waals surface area contributed by atoms with Gasteiger partial charge in [-0.1, -0.05) is 6.07 Å². The van der Waals surface area contributed by atoms with Crippen LogP contribution in [-0.2, 0) is 6.42 Å². The maximum Gasteiger partial charge on any atom is 0.317 e. The predicted molar refractivity (Wildman–Crippen MR) is 72.9 cm³/mol. The normalized spacial score (nSPS) is 18.6. The summed E-state index contributed by atoms with van der Waals surface area (Å²) in [5, 5.41) is 12.1. The fourth-order valence-corrected chi connectivity index (χ4v) is 2.43. The van der Waals surface area contributed by atoms with E-state index in [2.05, 4.69) is 10.3 Å². The molecule has 0 aromatic carbocycles. The molecule has 0 aliphatic carbocycles. The van der Waals surface area contributed by atoms with Crippen molar-refractivity contribution in [2.24, 2.45) is 0 Å². The summed E-state index contributed by atoms with van der Waals surface area (Å²) in [5.74, 6) is 0. The molecule has 2 amide bonds. The smallest absolute Gasteiger partial charge is 0.317 e. The van der Waals surface area contributed by atoms with E-state index in [1.807, 2.05) is 25.1 Å². The first-order chi connectivity index (χ1) is 9.20. The molecule has 19 heavy (non-hydrogen) atoms. The number of aromatic nitrogens is 1. The van der Waals surface area contributed by atoms with Crippen LogP contribution in [0.4, 0.5) is 4.79 Å². The number of rotatable bonds is 4. The van der Waals surface area contributed by atoms with Crippen molar-refractivity contribution in [3.8, 4) is 0 Å². The van der Waals surface area contributed by atoms with Crippen LogP contribution in [-0.4, -0.2) is 46.8 Å². The van der Waals surface area contributed by atoms with Crippen LogP contribution in [0.1, 0.15) is 24.2 Å². The van der Waals surface area contributed by atoms with Crippen molar-refractivity contribution < 1.29 is 9.90 Å². The number of carbonyl (C=O) groups excluding carboxylic acids is 1. The highest BCUT2D eigenvalue weighted by Gasteiger charge is 2.27. The van der Waals surface area contributed by atoms with Crippen molar-refractivity contribution in [3.05, 3.63) is 29.6 Å². The molecule has 5 nitrogen and oxygen atoms in total. The zero-order chi connectivity index (χ0) is 13.7. The Bertz CT molecular complexity index is 436. The molecular weight excluding hydrogens is 242 g/mol. The lowest BCUT2D eigenvalue weighted by Crippen LogP contribution is -2.44. The Morgan fingerprint density at radius 1 is 1.58 bits per heavy atom. The molecule has 0 saturated carbocycles. The number of aryl methyl sites for hydroxylation is 1. The lowest BCUT2D eigenvalue weighted by molar-refractivity contribution is 0.157. The Kier molecular flexibility index (Phi) is 4.74. The molecule has 0 spiro atoms. The molecule has 2 N–H and O–H groups in total. The Hall–Kier alpha value is -1.62. The number of hydrogen-bond acceptors (Lipinski definition) is 3. The first-order valence-corrected chi connectivity index (χ1v) is 6.78. The monoisotopic (exact) mass is 263 g/mol. The molecular formula is C14H21N3O2. The maximum atomic E-state index is 12.0. The number of urea groups is 1. The number of pyridine rings is 1. The van der Waals surface area contributed by atoms with E-state index >= 15 is 0 Å². The Balaban J connectivity index is 1.78. The highest BCUT2D eigenvalue weighted by molar-refractivity contribution is 5.74. The lowest BCUT2D eigenvalue weighted by Gasteiger charge is -2.23. The van der Waals surface area contributed by atoms with Crippen LogP contribution in [0.2, 0.25) is 0 Å². The van der Waals surface area contributed by atoms with Gasteiger partial charge in [-0.05, 0) is 31.9 Å². The number of aliphatic hydroxyl groups excluding tert-OH is 1. The summed E-state index contributed by atoms with van der Waals surface area (Å²) < 4.78 is 0. The standard InChI is InChI=1S/C14H21N3O2/c1-11-4-2-5-12(16-11)7-8-15-14(19)17-9-3-6-13(17)10-18/h2,4-5,13,18H,3,6-10H2,1H3,(H,15,19)/t13-/m1/s1. The minimum Gasteiger partial charge on any atom is -0.394 e. The Morgan fingerprint density at radius 3 is 3.16 bits per heavy atom. The van der Waals surface area contributed by atoms with E-state index in [1.165, 1.54) is 0 Å². The first-order valence-electron chi connectivity index (χ1n) is 6.78. The largest absolute Gasteiger partial charge is 0.394 e. The van der Waals surface area contributed by atoms with Gasteiger partial charge in [0.1, 0.15) is 0 Å². The first kappa shape index (κ1) is 13.8. The fraction of sp³-hybridized carbons (Fsp3) is 0.571. The molecule has 1 atom stereocenters. The number of amides is 2. The molecule has 2 heterocycles. The van der Waals surface area contributed by atoms with E-state index in [9.17, 15) is 9.90 Å². The second-order valence-electron chi connectivity index (χ2n) is 4.92. The van der Waals surface area contributed by atoms with Crippen LogP contribution in [0, 0.1) is 6.92 Å². The van der Waals surface area contributed by atoms with Gasteiger partial charge in [-0.15, -0.1) is 0 Å². The molecule has 5 heteroatoms. The second-order valence-corrected chi connectivity index (χ2v) is 4.92. The molecule has 0 unspecified atom stereocenters. The number of carbonyl (C=O) groups is 1. The summed E-state index contributed by atoms with van der Waals surface area (Å²) in [6, 6.07) is 5.80. The third-order valence-corrected chi connectivity index (χ3v) is 3.45. The molecule has 1 aliphatic rings. The van der Waals surface area contributed by atoms with Crippen LogP contribution in [0.5, 0.6) is 0 Å². The number of nitrogens with one attached hydrogen (secondary N) is 1. The van der Waals surface area contributed by atoms with Gasteiger partial charge in [0.15, 0.2) is 0 Å². The number of nitrogens with zero attached hydrogens (tertiary/aromatic N) is 2. The van der Waals surface area contributed by atoms with Gasteiger partial charge in [0.05, 0.1) is 12.6 Å². The van der Waals surface area contributed by atoms with Crippen LogP contribution < -0.4 is 5.32 Å². The lowest BCUT2D eigenvalue weighted by atomic mass is 10.2. The Labute approximate surface area is 113 Å². The van der Waals surface area contributed by atoms with E-state index in [1.54, 1.807) is 4.90 Å². The van der Waals surface area contributed by atoms with Gasteiger partial charge in [-0.25, -0.2) is 4.79 Å². The van der Waals surface area contributed by atoms with Gasteiger partial charge < -0.3 is 15.3 Å². The van der Waals surface area contributed by atoms with E-state index in [4.69, 9.17) is 0 Å². The average molecular weight is 263 g/mol. The summed E-state index contributed by atoms with van der Waals surface area (Å²) in [4.78, 5) is 18.1. The highest BCUT2D eigenvalue weighted by atomic mass is 16.3. The summed E-state index contributed by atoms with van der Waals surface area (Å²) in [7, 11) is 0. The van der Waals surface area contributed by atoms with Crippen molar-refractivity contribution >= 4 is 6.03 Å². The topological polar surface area (TPSA) is 65.5 Å². The zero-order valence-electron chi connectivity index (χ0n) is 11.3. The fourth-order valence-electron chi connectivity index (χ4n) is 2.43. The van der Waals surface area contributed by atoms with Crippen LogP contribution in [0.3, 0.4) is 0 Å². The van der Waals surface area contributed by atoms with Gasteiger partial charge >= 0.3 is 6.03 Å². The summed E-state index contributed by atoms with van der Waals surface area (Å²) in [6.45, 7) is 3.31. The van der Waals surface area contributed by atoms with E-state index in [0.717, 1.165) is 37.2 Å². The SMILES string of the molecule is Cc1cccc(CCNC(=O)N2CCC[C@@H]2CO)n1. The summed E-state index contributed by atoms with van der Waals surface area (Å²) >= 11 is 0. The number of aliphatic hydroxyl groups is 1. The molecule has 1 aromatic heterocycles. The number of likely N-dealkylation sites (tertiary alicyclic amines) is 1. The summed E-state index contributed by atoms with van der Waals surface area (Å²) in [6.07, 6.45) is 2.59. The van der Waals surface area contributed by atoms with Crippen LogP contribution in [0.25, 0.3) is 0 Å². The van der Waals surface area contributed by atoms with Gasteiger partial charge in [0.2, 0.25) is 0 Å². The van der Waals surface area contributed by atoms with Gasteiger partial charge in [-0.3, -0.25) is 4.98 Å². The molecule has 1 aliphatic heterocycles. The molecule has 0 bridgehead atoms. The molecule has 1 aromatic rings. The van der Waals surface area contributed by atoms with Gasteiger partial charge in [0, 0.05) is 30.9 Å². The van der Waals surface area contributed by atoms with Crippen molar-refractivity contribution in [2.45, 2.75) is 32.2 Å². The third kappa shape index (κ3) is 3.67. The van der Waals surface area contributed by atoms with Gasteiger partial charge in [-0.2, -0.15) is 0 Å². The Morgan fingerprint density at radius 2 is 2.42 bits per heavy atom. The summed E-state index contributed by atoms with van der Waals surface area (Å²) in [5.41, 5.74) is 1.98. The maximum absolute atomic E-state index is 12.0. The molecule has 0 radical (unpaired) electrons. The second kappa shape index (κ2) is 6.52. The minimum atomic E-state index is -0.0794. The van der Waals surface area contributed by atoms with Crippen molar-refractivity contribution in [1.29, 1.82) is 0 Å². The van der Waals surface area contributed by atoms with Crippen LogP contribution in [0.15, 0.2) is 18.2 Å². The third-order valence-electron chi connectivity index (χ3n) is 3.45. The van der Waals surface area contributed by atoms with E-state index in [0.29, 0.717) is 6.54 Å². The van der Waals surface area contributed by atoms with E-state index in [-0.39, 0.29) is 18.7 Å². The van der Waals surface area contributed by atoms with Crippen molar-refractivity contribution in [3.63, 3.8) is 0 Å². The molecule has 1 saturated heterocycles. The van der Waals surface area contributed by atoms with Crippen molar-refractivity contribution in [1.82, 2.24) is 15.2 Å². The zero-order valence-corrected chi connectivity index (χ0v) is 11.3. The quantitative estimate of drug-likeness (QED) is 0.855. The molecule has 2 rings (SSSR count). The van der Waals surface area contributed by atoms with Gasteiger partial charge in [0.25, 0.3) is 0 Å². The van der Waals surface area contributed by atoms with E-state index < -0.39 is 0 Å². The molecule has 1 fully saturated rings. The number of hydrogen-bond donors (Lipinski definition) is 2. The average Bonchev–Trinajstić information content (AvgIpc) is 2.87. The minimum absolute atomic E-state index is 0.0166.